The van der Waals surface area contributed by atoms with Gasteiger partial charge >= 0.3 is 18.1 Å². The molecule has 2 aromatic carbocycles. The lowest BCUT2D eigenvalue weighted by Crippen LogP contribution is -2.29. The Bertz CT molecular complexity index is 870. The lowest BCUT2D eigenvalue weighted by Gasteiger charge is -2.09. The first-order valence-corrected chi connectivity index (χ1v) is 12.1. The third kappa shape index (κ3) is 13.0. The van der Waals surface area contributed by atoms with E-state index in [9.17, 15) is 22.8 Å². The number of rotatable bonds is 16. The molecule has 0 bridgehead atoms. The zero-order valence-electron chi connectivity index (χ0n) is 19.9. The summed E-state index contributed by atoms with van der Waals surface area (Å²) in [5.74, 6) is -2.93. The van der Waals surface area contributed by atoms with Gasteiger partial charge in [0.05, 0.1) is 13.0 Å². The van der Waals surface area contributed by atoms with E-state index in [4.69, 9.17) is 4.74 Å². The van der Waals surface area contributed by atoms with E-state index in [1.54, 1.807) is 0 Å². The van der Waals surface area contributed by atoms with Crippen molar-refractivity contribution < 1.29 is 32.2 Å². The monoisotopic (exact) mass is 493 g/mol. The lowest BCUT2D eigenvalue weighted by molar-refractivity contribution is -0.201. The highest BCUT2D eigenvalue weighted by Gasteiger charge is 2.42. The van der Waals surface area contributed by atoms with E-state index < -0.39 is 18.1 Å². The minimum atomic E-state index is -5.17. The molecule has 8 heteroatoms. The van der Waals surface area contributed by atoms with Crippen molar-refractivity contribution in [3.63, 3.8) is 0 Å². The molecule has 0 unspecified atom stereocenters. The number of carbonyl (C=O) groups excluding carboxylic acids is 2. The van der Waals surface area contributed by atoms with Crippen LogP contribution in [0.25, 0.3) is 0 Å². The van der Waals surface area contributed by atoms with Crippen molar-refractivity contribution in [1.82, 2.24) is 5.32 Å². The second kappa shape index (κ2) is 15.9. The Morgan fingerprint density at radius 1 is 0.771 bits per heavy atom. The largest absolute Gasteiger partial charge is 0.494 e. The Balaban J connectivity index is 1.44. The van der Waals surface area contributed by atoms with E-state index in [2.05, 4.69) is 40.4 Å². The maximum Gasteiger partial charge on any atom is 0.491 e. The molecule has 0 saturated heterocycles. The summed E-state index contributed by atoms with van der Waals surface area (Å²) in [6.45, 7) is 1.19. The number of carbonyl (C=O) groups is 2. The van der Waals surface area contributed by atoms with E-state index >= 15 is 0 Å². The van der Waals surface area contributed by atoms with Crippen LogP contribution in [-0.4, -0.2) is 31.3 Å². The van der Waals surface area contributed by atoms with Crippen molar-refractivity contribution in [1.29, 1.82) is 0 Å². The Morgan fingerprint density at radius 3 is 2.06 bits per heavy atom. The number of aryl methyl sites for hydroxylation is 1. The highest BCUT2D eigenvalue weighted by atomic mass is 19.4. The van der Waals surface area contributed by atoms with Gasteiger partial charge in [-0.15, -0.1) is 0 Å². The third-order valence-electron chi connectivity index (χ3n) is 5.42. The number of alkyl halides is 3. The molecule has 0 atom stereocenters. The molecule has 0 aliphatic carbocycles. The maximum atomic E-state index is 12.0. The maximum absolute atomic E-state index is 12.0. The third-order valence-corrected chi connectivity index (χ3v) is 5.42. The van der Waals surface area contributed by atoms with Gasteiger partial charge in [-0.25, -0.2) is 4.79 Å². The molecule has 0 fully saturated rings. The molecule has 0 heterocycles. The second-order valence-corrected chi connectivity index (χ2v) is 8.39. The summed E-state index contributed by atoms with van der Waals surface area (Å²) >= 11 is 0. The van der Waals surface area contributed by atoms with Crippen LogP contribution in [0.5, 0.6) is 5.75 Å². The van der Waals surface area contributed by atoms with Gasteiger partial charge in [0, 0.05) is 13.1 Å². The van der Waals surface area contributed by atoms with E-state index in [-0.39, 0.29) is 13.0 Å². The van der Waals surface area contributed by atoms with Gasteiger partial charge in [0.1, 0.15) is 5.75 Å². The molecule has 0 amide bonds. The molecule has 1 N–H and O–H groups in total. The number of esters is 2. The fourth-order valence-corrected chi connectivity index (χ4v) is 3.49. The van der Waals surface area contributed by atoms with Crippen molar-refractivity contribution >= 4 is 11.9 Å². The van der Waals surface area contributed by atoms with Crippen molar-refractivity contribution in [3.8, 4) is 5.75 Å². The fraction of sp³-hybridized carbons (Fsp3) is 0.481. The van der Waals surface area contributed by atoms with Crippen LogP contribution in [0.3, 0.4) is 0 Å². The predicted octanol–water partition coefficient (Wildman–Crippen LogP) is 6.15. The molecule has 5 nitrogen and oxygen atoms in total. The van der Waals surface area contributed by atoms with Crippen LogP contribution in [0.15, 0.2) is 54.6 Å². The first-order valence-electron chi connectivity index (χ1n) is 12.1. The van der Waals surface area contributed by atoms with Gasteiger partial charge in [-0.2, -0.15) is 13.2 Å². The average Bonchev–Trinajstić information content (AvgIpc) is 2.84. The van der Waals surface area contributed by atoms with Crippen LogP contribution in [-0.2, 0) is 27.3 Å². The number of hydrogen-bond donors (Lipinski definition) is 1. The number of ether oxygens (including phenoxy) is 2. The van der Waals surface area contributed by atoms with E-state index in [0.29, 0.717) is 13.2 Å². The van der Waals surface area contributed by atoms with Crippen LogP contribution in [0.4, 0.5) is 13.2 Å². The zero-order chi connectivity index (χ0) is 25.4. The number of hydrogen-bond acceptors (Lipinski definition) is 5. The highest BCUT2D eigenvalue weighted by Crippen LogP contribution is 2.17. The molecule has 2 rings (SSSR count). The Kier molecular flexibility index (Phi) is 12.9. The van der Waals surface area contributed by atoms with Crippen LogP contribution in [0, 0.1) is 0 Å². The minimum absolute atomic E-state index is 0.0925. The topological polar surface area (TPSA) is 64.6 Å². The fourth-order valence-electron chi connectivity index (χ4n) is 3.49. The number of nitrogens with one attached hydrogen (secondary N) is 1. The summed E-state index contributed by atoms with van der Waals surface area (Å²) in [5, 5.41) is 2.92. The lowest BCUT2D eigenvalue weighted by atomic mass is 10.0. The summed E-state index contributed by atoms with van der Waals surface area (Å²) in [4.78, 5) is 21.8. The second-order valence-electron chi connectivity index (χ2n) is 8.39. The molecule has 0 aromatic heterocycles. The summed E-state index contributed by atoms with van der Waals surface area (Å²) in [5.41, 5.74) is 2.35. The first-order chi connectivity index (χ1) is 16.8. The van der Waals surface area contributed by atoms with Crippen molar-refractivity contribution in [2.45, 2.75) is 70.5 Å². The van der Waals surface area contributed by atoms with E-state index in [1.165, 1.54) is 37.7 Å². The van der Waals surface area contributed by atoms with Crippen LogP contribution >= 0.6 is 0 Å². The highest BCUT2D eigenvalue weighted by molar-refractivity contribution is 5.88. The van der Waals surface area contributed by atoms with Gasteiger partial charge in [-0.3, -0.25) is 4.79 Å². The van der Waals surface area contributed by atoms with Crippen molar-refractivity contribution in [2.75, 3.05) is 13.2 Å². The predicted molar refractivity (Wildman–Crippen MR) is 128 cm³/mol. The standard InChI is InChI=1S/C27H34F3NO4/c28-27(29,30)26(33)35-25(32)18-19-31-21-23-14-16-24(17-15-23)34-20-10-5-3-1-2-4-7-11-22-12-8-6-9-13-22/h6,8-9,12-17,31H,1-5,7,10-11,18-21H2. The quantitative estimate of drug-likeness (QED) is 0.173. The van der Waals surface area contributed by atoms with Gasteiger partial charge < -0.3 is 14.8 Å². The van der Waals surface area contributed by atoms with Crippen LogP contribution in [0.1, 0.15) is 62.5 Å². The van der Waals surface area contributed by atoms with Crippen LogP contribution < -0.4 is 10.1 Å². The van der Waals surface area contributed by atoms with Gasteiger partial charge in [0.2, 0.25) is 0 Å². The molecule has 35 heavy (non-hydrogen) atoms. The molecule has 0 radical (unpaired) electrons. The summed E-state index contributed by atoms with van der Waals surface area (Å²) in [6.07, 6.45) is 4.08. The summed E-state index contributed by atoms with van der Waals surface area (Å²) < 4.78 is 45.6. The van der Waals surface area contributed by atoms with Crippen molar-refractivity contribution in [2.24, 2.45) is 0 Å². The zero-order valence-corrected chi connectivity index (χ0v) is 19.9. The summed E-state index contributed by atoms with van der Waals surface area (Å²) in [7, 11) is 0. The number of halogens is 3. The summed E-state index contributed by atoms with van der Waals surface area (Å²) in [6, 6.07) is 18.1. The Labute approximate surface area is 205 Å². The van der Waals surface area contributed by atoms with Gasteiger partial charge in [0.25, 0.3) is 0 Å². The SMILES string of the molecule is O=C(CCNCc1ccc(OCCCCCCCCCc2ccccc2)cc1)OC(=O)C(F)(F)F. The molecular weight excluding hydrogens is 459 g/mol. The molecule has 0 spiro atoms. The molecule has 2 aromatic rings. The molecule has 192 valence electrons. The van der Waals surface area contributed by atoms with E-state index in [1.807, 2.05) is 24.3 Å². The van der Waals surface area contributed by atoms with Crippen molar-refractivity contribution in [3.05, 3.63) is 65.7 Å². The molecule has 0 saturated carbocycles. The normalized spacial score (nSPS) is 11.3. The van der Waals surface area contributed by atoms with Gasteiger partial charge in [0.15, 0.2) is 0 Å². The Hall–Kier alpha value is -2.87. The molecular formula is C27H34F3NO4. The van der Waals surface area contributed by atoms with Gasteiger partial charge in [-0.1, -0.05) is 74.6 Å². The molecule has 0 aliphatic heterocycles. The Morgan fingerprint density at radius 2 is 1.40 bits per heavy atom. The van der Waals surface area contributed by atoms with Crippen LogP contribution in [0.2, 0.25) is 0 Å². The average molecular weight is 494 g/mol. The van der Waals surface area contributed by atoms with Gasteiger partial charge in [-0.05, 0) is 42.5 Å². The number of unbranched alkanes of at least 4 members (excludes halogenated alkanes) is 6. The molecule has 0 aliphatic rings. The minimum Gasteiger partial charge on any atom is -0.494 e. The van der Waals surface area contributed by atoms with E-state index in [0.717, 1.165) is 30.6 Å². The smallest absolute Gasteiger partial charge is 0.491 e. The first kappa shape index (κ1) is 28.4. The number of benzene rings is 2.